The molecule has 3 N–H and O–H groups in total. The summed E-state index contributed by atoms with van der Waals surface area (Å²) >= 11 is 3.23. The van der Waals surface area contributed by atoms with Crippen LogP contribution in [0, 0.1) is 10.1 Å². The van der Waals surface area contributed by atoms with E-state index in [0.29, 0.717) is 10.0 Å². The number of halogens is 1. The Morgan fingerprint density at radius 3 is 2.90 bits per heavy atom. The fourth-order valence-corrected chi connectivity index (χ4v) is 1.95. The van der Waals surface area contributed by atoms with Gasteiger partial charge < -0.3 is 9.15 Å². The van der Waals surface area contributed by atoms with Crippen LogP contribution in [0.3, 0.4) is 0 Å². The van der Waals surface area contributed by atoms with Crippen molar-refractivity contribution in [3.05, 3.63) is 56.4 Å². The molecule has 0 aliphatic carbocycles. The van der Waals surface area contributed by atoms with Crippen molar-refractivity contribution in [2.75, 3.05) is 0 Å². The van der Waals surface area contributed by atoms with E-state index in [1.807, 2.05) is 5.43 Å². The molecular weight excluding hydrogens is 346 g/mol. The fraction of sp³-hybridized carbons (Fsp3) is 0.0833. The first kappa shape index (κ1) is 15.0. The van der Waals surface area contributed by atoms with Crippen molar-refractivity contribution in [1.82, 2.24) is 5.43 Å². The number of nitrogen functional groups attached to an aromatic ring is 1. The Morgan fingerprint density at radius 1 is 1.48 bits per heavy atom. The van der Waals surface area contributed by atoms with Gasteiger partial charge in [0.15, 0.2) is 5.76 Å². The van der Waals surface area contributed by atoms with Gasteiger partial charge in [0.1, 0.15) is 12.4 Å². The molecule has 8 nitrogen and oxygen atoms in total. The number of nitrogens with two attached hydrogens (primary N) is 1. The highest BCUT2D eigenvalue weighted by Gasteiger charge is 2.16. The standard InChI is InChI=1S/C12H10BrN3O5/c13-9-2-1-8(16(18)19)5-10(9)21-6-7-3-4-20-11(7)12(17)15-14/h1-5H,6,14H2,(H,15,17). The third-order valence-electron chi connectivity index (χ3n) is 2.59. The van der Waals surface area contributed by atoms with Gasteiger partial charge in [-0.25, -0.2) is 5.84 Å². The molecule has 9 heteroatoms. The number of benzene rings is 1. The summed E-state index contributed by atoms with van der Waals surface area (Å²) in [6.07, 6.45) is 1.33. The van der Waals surface area contributed by atoms with Crippen LogP contribution < -0.4 is 16.0 Å². The maximum absolute atomic E-state index is 11.4. The van der Waals surface area contributed by atoms with Crippen molar-refractivity contribution >= 4 is 27.5 Å². The predicted octanol–water partition coefficient (Wildman–Crippen LogP) is 2.13. The number of nitrogens with one attached hydrogen (secondary N) is 1. The number of rotatable bonds is 5. The monoisotopic (exact) mass is 355 g/mol. The molecule has 0 aliphatic rings. The van der Waals surface area contributed by atoms with Crippen molar-refractivity contribution in [1.29, 1.82) is 0 Å². The Bertz CT molecular complexity index is 685. The van der Waals surface area contributed by atoms with Gasteiger partial charge in [0.2, 0.25) is 0 Å². The van der Waals surface area contributed by atoms with E-state index in [4.69, 9.17) is 15.0 Å². The van der Waals surface area contributed by atoms with Crippen molar-refractivity contribution in [2.24, 2.45) is 5.84 Å². The van der Waals surface area contributed by atoms with E-state index >= 15 is 0 Å². The molecule has 0 aliphatic heterocycles. The lowest BCUT2D eigenvalue weighted by molar-refractivity contribution is -0.385. The van der Waals surface area contributed by atoms with Crippen LogP contribution in [0.2, 0.25) is 0 Å². The first-order valence-corrected chi connectivity index (χ1v) is 6.46. The summed E-state index contributed by atoms with van der Waals surface area (Å²) in [5.74, 6) is 4.76. The fourth-order valence-electron chi connectivity index (χ4n) is 1.59. The zero-order valence-corrected chi connectivity index (χ0v) is 12.1. The number of nitrogens with zero attached hydrogens (tertiary/aromatic N) is 1. The number of hydrazine groups is 1. The molecule has 2 rings (SSSR count). The summed E-state index contributed by atoms with van der Waals surface area (Å²) in [6, 6.07) is 5.70. The van der Waals surface area contributed by atoms with Gasteiger partial charge in [-0.2, -0.15) is 0 Å². The van der Waals surface area contributed by atoms with Crippen LogP contribution in [0.1, 0.15) is 16.1 Å². The number of ether oxygens (including phenoxy) is 1. The lowest BCUT2D eigenvalue weighted by Crippen LogP contribution is -2.30. The van der Waals surface area contributed by atoms with Crippen molar-refractivity contribution in [3.63, 3.8) is 0 Å². The smallest absolute Gasteiger partial charge is 0.301 e. The number of amides is 1. The second-order valence-electron chi connectivity index (χ2n) is 3.91. The van der Waals surface area contributed by atoms with E-state index in [1.165, 1.54) is 24.5 Å². The molecule has 0 radical (unpaired) electrons. The zero-order valence-electron chi connectivity index (χ0n) is 10.5. The van der Waals surface area contributed by atoms with Crippen LogP contribution in [0.25, 0.3) is 0 Å². The Balaban J connectivity index is 2.17. The molecule has 0 saturated heterocycles. The molecule has 1 amide bonds. The maximum atomic E-state index is 11.4. The van der Waals surface area contributed by atoms with E-state index in [1.54, 1.807) is 6.07 Å². The average Bonchev–Trinajstić information content (AvgIpc) is 2.93. The van der Waals surface area contributed by atoms with E-state index in [2.05, 4.69) is 15.9 Å². The number of carbonyl (C=O) groups excluding carboxylic acids is 1. The minimum atomic E-state index is -0.586. The van der Waals surface area contributed by atoms with Crippen molar-refractivity contribution < 1.29 is 18.9 Å². The van der Waals surface area contributed by atoms with Gasteiger partial charge in [-0.1, -0.05) is 0 Å². The molecule has 110 valence electrons. The highest BCUT2D eigenvalue weighted by molar-refractivity contribution is 9.10. The third kappa shape index (κ3) is 3.38. The van der Waals surface area contributed by atoms with Gasteiger partial charge in [0, 0.05) is 11.6 Å². The first-order chi connectivity index (χ1) is 10.0. The van der Waals surface area contributed by atoms with E-state index in [9.17, 15) is 14.9 Å². The number of nitro benzene ring substituents is 1. The van der Waals surface area contributed by atoms with Crippen LogP contribution in [0.15, 0.2) is 39.4 Å². The first-order valence-electron chi connectivity index (χ1n) is 5.67. The SMILES string of the molecule is NNC(=O)c1occc1COc1cc([N+](=O)[O-])ccc1Br. The molecule has 0 fully saturated rings. The molecule has 0 saturated carbocycles. The number of hydrogen-bond acceptors (Lipinski definition) is 6. The summed E-state index contributed by atoms with van der Waals surface area (Å²) in [4.78, 5) is 21.6. The van der Waals surface area contributed by atoms with Gasteiger partial charge in [-0.05, 0) is 28.1 Å². The third-order valence-corrected chi connectivity index (χ3v) is 3.25. The van der Waals surface area contributed by atoms with Gasteiger partial charge >= 0.3 is 5.91 Å². The minimum absolute atomic E-state index is 0.000971. The minimum Gasteiger partial charge on any atom is -0.487 e. The Morgan fingerprint density at radius 2 is 2.24 bits per heavy atom. The maximum Gasteiger partial charge on any atom is 0.301 e. The Hall–Kier alpha value is -2.39. The summed E-state index contributed by atoms with van der Waals surface area (Å²) in [5.41, 5.74) is 2.33. The Labute approximate surface area is 127 Å². The molecule has 1 aromatic carbocycles. The second kappa shape index (κ2) is 6.37. The van der Waals surface area contributed by atoms with Crippen molar-refractivity contribution in [2.45, 2.75) is 6.61 Å². The van der Waals surface area contributed by atoms with Crippen LogP contribution >= 0.6 is 15.9 Å². The van der Waals surface area contributed by atoms with Gasteiger partial charge in [0.05, 0.1) is 21.7 Å². The highest BCUT2D eigenvalue weighted by atomic mass is 79.9. The zero-order chi connectivity index (χ0) is 15.4. The van der Waals surface area contributed by atoms with Crippen molar-refractivity contribution in [3.8, 4) is 5.75 Å². The molecule has 21 heavy (non-hydrogen) atoms. The summed E-state index contributed by atoms with van der Waals surface area (Å²) in [5, 5.41) is 10.7. The van der Waals surface area contributed by atoms with E-state index in [-0.39, 0.29) is 23.8 Å². The molecule has 0 spiro atoms. The summed E-state index contributed by atoms with van der Waals surface area (Å²) < 4.78 is 11.0. The topological polar surface area (TPSA) is 121 Å². The number of nitro groups is 1. The number of non-ortho nitro benzene ring substituents is 1. The average molecular weight is 356 g/mol. The van der Waals surface area contributed by atoms with Crippen LogP contribution in [0.4, 0.5) is 5.69 Å². The van der Waals surface area contributed by atoms with Crippen LogP contribution in [-0.4, -0.2) is 10.8 Å². The summed E-state index contributed by atoms with van der Waals surface area (Å²) in [7, 11) is 0. The van der Waals surface area contributed by atoms with Gasteiger partial charge in [-0.15, -0.1) is 0 Å². The summed E-state index contributed by atoms with van der Waals surface area (Å²) in [6.45, 7) is -0.000971. The normalized spacial score (nSPS) is 10.2. The lowest BCUT2D eigenvalue weighted by atomic mass is 10.2. The molecular formula is C12H10BrN3O5. The van der Waals surface area contributed by atoms with Gasteiger partial charge in [0.25, 0.3) is 5.69 Å². The number of hydrogen-bond donors (Lipinski definition) is 2. The predicted molar refractivity (Wildman–Crippen MR) is 75.5 cm³/mol. The second-order valence-corrected chi connectivity index (χ2v) is 4.76. The molecule has 0 bridgehead atoms. The molecule has 2 aromatic rings. The quantitative estimate of drug-likeness (QED) is 0.366. The Kier molecular flexibility index (Phi) is 4.55. The van der Waals surface area contributed by atoms with Gasteiger partial charge in [-0.3, -0.25) is 20.3 Å². The largest absolute Gasteiger partial charge is 0.487 e. The molecule has 1 aromatic heterocycles. The highest BCUT2D eigenvalue weighted by Crippen LogP contribution is 2.30. The molecule has 1 heterocycles. The van der Waals surface area contributed by atoms with Crippen LogP contribution in [-0.2, 0) is 6.61 Å². The lowest BCUT2D eigenvalue weighted by Gasteiger charge is -2.07. The number of carbonyl (C=O) groups is 1. The van der Waals surface area contributed by atoms with E-state index < -0.39 is 10.8 Å². The number of furan rings is 1. The molecule has 0 atom stereocenters. The molecule has 0 unspecified atom stereocenters. The van der Waals surface area contributed by atoms with E-state index in [0.717, 1.165) is 0 Å². The van der Waals surface area contributed by atoms with Crippen LogP contribution in [0.5, 0.6) is 5.75 Å².